The van der Waals surface area contributed by atoms with Gasteiger partial charge in [-0.15, -0.1) is 12.6 Å². The summed E-state index contributed by atoms with van der Waals surface area (Å²) >= 11 is 4.01. The fraction of sp³-hybridized carbons (Fsp3) is 0.727. The van der Waals surface area contributed by atoms with E-state index >= 15 is 0 Å². The molecule has 2 unspecified atom stereocenters. The van der Waals surface area contributed by atoms with E-state index in [9.17, 15) is 14.7 Å². The lowest BCUT2D eigenvalue weighted by molar-refractivity contribution is -0.170. The van der Waals surface area contributed by atoms with Crippen LogP contribution in [0.25, 0.3) is 0 Å². The maximum Gasteiger partial charge on any atom is 0.340 e. The van der Waals surface area contributed by atoms with Crippen LogP contribution in [0.5, 0.6) is 0 Å². The van der Waals surface area contributed by atoms with Crippen molar-refractivity contribution in [3.05, 3.63) is 0 Å². The van der Waals surface area contributed by atoms with Crippen LogP contribution in [-0.4, -0.2) is 53.2 Å². The molecule has 0 saturated heterocycles. The Morgan fingerprint density at radius 1 is 1.43 bits per heavy atom. The first kappa shape index (κ1) is 19.5. The quantitative estimate of drug-likeness (QED) is 0.0869. The van der Waals surface area contributed by atoms with Crippen molar-refractivity contribution in [2.75, 3.05) is 13.2 Å². The maximum atomic E-state index is 11.9. The maximum absolute atomic E-state index is 11.9. The van der Waals surface area contributed by atoms with E-state index < -0.39 is 29.0 Å². The van der Waals surface area contributed by atoms with Crippen LogP contribution >= 0.6 is 12.6 Å². The summed E-state index contributed by atoms with van der Waals surface area (Å²) in [4.78, 5) is 27.1. The number of ether oxygens (including phenoxy) is 2. The zero-order valence-corrected chi connectivity index (χ0v) is 12.9. The molecule has 9 nitrogen and oxygen atoms in total. The number of carbonyl (C=O) groups is 2. The molecule has 0 bridgehead atoms. The second kappa shape index (κ2) is 8.70. The number of nitrogens with two attached hydrogens (primary N) is 3. The first-order valence-electron chi connectivity index (χ1n) is 6.24. The predicted molar refractivity (Wildman–Crippen MR) is 79.8 cm³/mol. The van der Waals surface area contributed by atoms with E-state index in [0.29, 0.717) is 0 Å². The Morgan fingerprint density at radius 2 is 2.00 bits per heavy atom. The van der Waals surface area contributed by atoms with E-state index in [0.717, 1.165) is 0 Å². The lowest BCUT2D eigenvalue weighted by Gasteiger charge is -2.32. The summed E-state index contributed by atoms with van der Waals surface area (Å²) in [5, 5.41) is 9.31. The molecule has 0 aromatic rings. The van der Waals surface area contributed by atoms with Crippen molar-refractivity contribution >= 4 is 30.5 Å². The highest BCUT2D eigenvalue weighted by molar-refractivity contribution is 7.80. The largest absolute Gasteiger partial charge is 0.479 e. The summed E-state index contributed by atoms with van der Waals surface area (Å²) in [5.74, 6) is -2.83. The molecule has 0 fully saturated rings. The van der Waals surface area contributed by atoms with Crippen LogP contribution in [0, 0.1) is 0 Å². The van der Waals surface area contributed by atoms with Gasteiger partial charge in [0.2, 0.25) is 5.54 Å². The van der Waals surface area contributed by atoms with Crippen molar-refractivity contribution < 1.29 is 24.2 Å². The Balaban J connectivity index is 5.32. The highest BCUT2D eigenvalue weighted by Crippen LogP contribution is 2.20. The van der Waals surface area contributed by atoms with Crippen LogP contribution in [-0.2, 0) is 19.1 Å². The van der Waals surface area contributed by atoms with Crippen molar-refractivity contribution in [2.24, 2.45) is 22.2 Å². The molecule has 0 aromatic heterocycles. The van der Waals surface area contributed by atoms with Gasteiger partial charge in [-0.05, 0) is 20.3 Å². The third kappa shape index (κ3) is 5.78. The van der Waals surface area contributed by atoms with E-state index in [4.69, 9.17) is 26.7 Å². The number of carbonyl (C=O) groups excluding carboxylic acids is 1. The summed E-state index contributed by atoms with van der Waals surface area (Å²) in [6.07, 6.45) is -1.20. The number of hydrogen-bond acceptors (Lipinski definition) is 7. The summed E-state index contributed by atoms with van der Waals surface area (Å²) in [6.45, 7) is 3.13. The summed E-state index contributed by atoms with van der Waals surface area (Å²) < 4.78 is 10.1. The molecule has 0 aliphatic rings. The number of thiol groups is 1. The van der Waals surface area contributed by atoms with E-state index in [1.54, 1.807) is 6.92 Å². The van der Waals surface area contributed by atoms with Crippen molar-refractivity contribution in [3.8, 4) is 0 Å². The first-order chi connectivity index (χ1) is 9.66. The third-order valence-electron chi connectivity index (χ3n) is 2.52. The van der Waals surface area contributed by atoms with Crippen LogP contribution in [0.2, 0.25) is 0 Å². The molecule has 0 amide bonds. The summed E-state index contributed by atoms with van der Waals surface area (Å²) in [7, 11) is 0. The summed E-state index contributed by atoms with van der Waals surface area (Å²) in [5.41, 5.74) is 13.1. The average molecular weight is 322 g/mol. The van der Waals surface area contributed by atoms with Gasteiger partial charge in [0.1, 0.15) is 6.10 Å². The van der Waals surface area contributed by atoms with Crippen molar-refractivity contribution in [1.29, 1.82) is 0 Å². The van der Waals surface area contributed by atoms with Gasteiger partial charge in [0.25, 0.3) is 0 Å². The van der Waals surface area contributed by atoms with Gasteiger partial charge in [0.05, 0.1) is 12.0 Å². The molecule has 0 aromatic carbocycles. The Bertz CT molecular complexity index is 400. The molecule has 0 aliphatic carbocycles. The van der Waals surface area contributed by atoms with Gasteiger partial charge < -0.3 is 31.8 Å². The van der Waals surface area contributed by atoms with Gasteiger partial charge in [-0.1, -0.05) is 0 Å². The second-order valence-electron chi connectivity index (χ2n) is 4.21. The Hall–Kier alpha value is -1.52. The monoisotopic (exact) mass is 322 g/mol. The lowest BCUT2D eigenvalue weighted by atomic mass is 9.91. The number of rotatable bonds is 9. The molecule has 21 heavy (non-hydrogen) atoms. The van der Waals surface area contributed by atoms with Crippen molar-refractivity contribution in [2.45, 2.75) is 37.3 Å². The highest BCUT2D eigenvalue weighted by Gasteiger charge is 2.52. The van der Waals surface area contributed by atoms with E-state index in [2.05, 4.69) is 17.6 Å². The normalized spacial score (nSPS) is 16.4. The molecule has 0 heterocycles. The van der Waals surface area contributed by atoms with Crippen molar-refractivity contribution in [3.63, 3.8) is 0 Å². The number of carboxylic acid groups (broad SMARTS) is 1. The zero-order chi connectivity index (χ0) is 16.6. The van der Waals surface area contributed by atoms with Gasteiger partial charge >= 0.3 is 11.9 Å². The lowest BCUT2D eigenvalue weighted by Crippen LogP contribution is -2.65. The van der Waals surface area contributed by atoms with Gasteiger partial charge in [-0.3, -0.25) is 4.99 Å². The van der Waals surface area contributed by atoms with E-state index in [1.165, 1.54) is 6.92 Å². The van der Waals surface area contributed by atoms with Gasteiger partial charge in [0, 0.05) is 6.54 Å². The topological polar surface area (TPSA) is 163 Å². The minimum atomic E-state index is -2.37. The number of nitrogens with zero attached hydrogens (tertiary/aromatic N) is 1. The molecule has 0 rings (SSSR count). The molecule has 0 spiro atoms. The van der Waals surface area contributed by atoms with Crippen LogP contribution in [0.3, 0.4) is 0 Å². The van der Waals surface area contributed by atoms with Crippen LogP contribution < -0.4 is 17.2 Å². The number of carboxylic acids is 1. The van der Waals surface area contributed by atoms with E-state index in [-0.39, 0.29) is 25.5 Å². The Morgan fingerprint density at radius 3 is 2.38 bits per heavy atom. The summed E-state index contributed by atoms with van der Waals surface area (Å²) in [6, 6.07) is 0. The standard InChI is InChI=1S/C11H22N4O5S/c1-3-19-9(18)11(14,8(16)17)7(20-6(2)21)4-5-15-10(12)13/h6-7,21H,3-5,14H2,1-2H3,(H,16,17)(H4,12,13,15)/t6?,7?,11-/m1/s1. The highest BCUT2D eigenvalue weighted by atomic mass is 32.1. The molecule has 3 atom stereocenters. The van der Waals surface area contributed by atoms with Gasteiger partial charge in [-0.25, -0.2) is 9.59 Å². The van der Waals surface area contributed by atoms with Crippen LogP contribution in [0.4, 0.5) is 0 Å². The molecule has 7 N–H and O–H groups in total. The Kier molecular flexibility index (Phi) is 8.07. The van der Waals surface area contributed by atoms with Crippen molar-refractivity contribution in [1.82, 2.24) is 0 Å². The van der Waals surface area contributed by atoms with E-state index in [1.807, 2.05) is 0 Å². The molecular formula is C11H22N4O5S. The molecule has 0 aliphatic heterocycles. The smallest absolute Gasteiger partial charge is 0.340 e. The van der Waals surface area contributed by atoms with Crippen LogP contribution in [0.1, 0.15) is 20.3 Å². The van der Waals surface area contributed by atoms with Gasteiger partial charge in [-0.2, -0.15) is 0 Å². The third-order valence-corrected chi connectivity index (χ3v) is 2.64. The molecule has 122 valence electrons. The molecule has 0 saturated carbocycles. The number of guanidine groups is 1. The minimum Gasteiger partial charge on any atom is -0.479 e. The number of aliphatic imine (C=N–C) groups is 1. The molecule has 0 radical (unpaired) electrons. The predicted octanol–water partition coefficient (Wildman–Crippen LogP) is -1.34. The minimum absolute atomic E-state index is 0.00438. The SMILES string of the molecule is CCOC(=O)[C@](N)(C(=O)O)C(CCN=C(N)N)OC(C)S. The number of hydrogen-bond donors (Lipinski definition) is 5. The fourth-order valence-electron chi connectivity index (χ4n) is 1.56. The second-order valence-corrected chi connectivity index (χ2v) is 4.94. The zero-order valence-electron chi connectivity index (χ0n) is 12.0. The molecular weight excluding hydrogens is 300 g/mol. The fourth-order valence-corrected chi connectivity index (χ4v) is 1.71. The molecule has 10 heteroatoms. The first-order valence-corrected chi connectivity index (χ1v) is 6.76. The Labute approximate surface area is 128 Å². The van der Waals surface area contributed by atoms with Crippen LogP contribution in [0.15, 0.2) is 4.99 Å². The van der Waals surface area contributed by atoms with Gasteiger partial charge in [0.15, 0.2) is 5.96 Å². The number of esters is 1. The average Bonchev–Trinajstić information content (AvgIpc) is 2.35. The number of aliphatic carboxylic acids is 1.